The van der Waals surface area contributed by atoms with E-state index in [2.05, 4.69) is 24.1 Å². The number of hydrogen-bond acceptors (Lipinski definition) is 3. The van der Waals surface area contributed by atoms with Gasteiger partial charge in [0.05, 0.1) is 6.61 Å². The Morgan fingerprint density at radius 3 is 2.88 bits per heavy atom. The lowest BCUT2D eigenvalue weighted by Crippen LogP contribution is -2.46. The largest absolute Gasteiger partial charge is 0.380 e. The van der Waals surface area contributed by atoms with Crippen molar-refractivity contribution in [2.45, 2.75) is 45.6 Å². The summed E-state index contributed by atoms with van der Waals surface area (Å²) in [6.45, 7) is 10.7. The van der Waals surface area contributed by atoms with Gasteiger partial charge in [-0.2, -0.15) is 0 Å². The molecule has 0 aromatic heterocycles. The molecule has 1 saturated heterocycles. The second-order valence-electron chi connectivity index (χ2n) is 4.61. The summed E-state index contributed by atoms with van der Waals surface area (Å²) in [5.74, 6) is 0. The monoisotopic (exact) mass is 228 g/mol. The summed E-state index contributed by atoms with van der Waals surface area (Å²) in [5.41, 5.74) is 0. The van der Waals surface area contributed by atoms with E-state index in [1.807, 2.05) is 0 Å². The van der Waals surface area contributed by atoms with Crippen LogP contribution in [0.5, 0.6) is 0 Å². The van der Waals surface area contributed by atoms with Crippen molar-refractivity contribution < 1.29 is 4.74 Å². The predicted octanol–water partition coefficient (Wildman–Crippen LogP) is 1.88. The Morgan fingerprint density at radius 1 is 1.25 bits per heavy atom. The van der Waals surface area contributed by atoms with Crippen molar-refractivity contribution in [2.24, 2.45) is 0 Å². The molecule has 0 radical (unpaired) electrons. The molecule has 3 nitrogen and oxygen atoms in total. The Morgan fingerprint density at radius 2 is 2.12 bits per heavy atom. The molecule has 1 rings (SSSR count). The molecule has 3 heteroatoms. The van der Waals surface area contributed by atoms with E-state index in [0.29, 0.717) is 0 Å². The number of hydrogen-bond donors (Lipinski definition) is 1. The van der Waals surface area contributed by atoms with Crippen molar-refractivity contribution in [2.75, 3.05) is 39.4 Å². The van der Waals surface area contributed by atoms with Gasteiger partial charge >= 0.3 is 0 Å². The molecule has 1 heterocycles. The molecule has 0 saturated carbocycles. The van der Waals surface area contributed by atoms with Crippen LogP contribution in [0.2, 0.25) is 0 Å². The maximum absolute atomic E-state index is 5.58. The van der Waals surface area contributed by atoms with E-state index < -0.39 is 0 Å². The third-order valence-corrected chi connectivity index (χ3v) is 3.25. The molecular weight excluding hydrogens is 200 g/mol. The van der Waals surface area contributed by atoms with Gasteiger partial charge in [0.2, 0.25) is 0 Å². The van der Waals surface area contributed by atoms with Crippen LogP contribution in [0.4, 0.5) is 0 Å². The molecule has 1 atom stereocenters. The van der Waals surface area contributed by atoms with Gasteiger partial charge in [0.25, 0.3) is 0 Å². The third kappa shape index (κ3) is 5.28. The van der Waals surface area contributed by atoms with E-state index in [0.717, 1.165) is 45.3 Å². The second-order valence-corrected chi connectivity index (χ2v) is 4.61. The summed E-state index contributed by atoms with van der Waals surface area (Å²) in [7, 11) is 0. The summed E-state index contributed by atoms with van der Waals surface area (Å²) in [6, 6.07) is 0.735. The Bertz CT molecular complexity index is 164. The normalized spacial score (nSPS) is 22.5. The number of likely N-dealkylation sites (tertiary alicyclic amines) is 1. The minimum atomic E-state index is 0.735. The quantitative estimate of drug-likeness (QED) is 0.642. The van der Waals surface area contributed by atoms with Gasteiger partial charge in [0, 0.05) is 25.7 Å². The molecule has 16 heavy (non-hydrogen) atoms. The lowest BCUT2D eigenvalue weighted by atomic mass is 10.0. The number of nitrogens with zero attached hydrogens (tertiary/aromatic N) is 1. The fraction of sp³-hybridized carbons (Fsp3) is 1.00. The van der Waals surface area contributed by atoms with Crippen LogP contribution in [-0.2, 0) is 4.74 Å². The highest BCUT2D eigenvalue weighted by atomic mass is 16.5. The maximum Gasteiger partial charge on any atom is 0.0593 e. The zero-order valence-corrected chi connectivity index (χ0v) is 11.0. The van der Waals surface area contributed by atoms with Crippen LogP contribution in [0.15, 0.2) is 0 Å². The van der Waals surface area contributed by atoms with Crippen molar-refractivity contribution in [3.05, 3.63) is 0 Å². The molecule has 0 amide bonds. The second kappa shape index (κ2) is 8.97. The molecule has 96 valence electrons. The lowest BCUT2D eigenvalue weighted by molar-refractivity contribution is 0.0718. The average Bonchev–Trinajstić information content (AvgIpc) is 2.33. The summed E-state index contributed by atoms with van der Waals surface area (Å²) in [6.07, 6.45) is 5.22. The van der Waals surface area contributed by atoms with Gasteiger partial charge in [0.1, 0.15) is 0 Å². The van der Waals surface area contributed by atoms with E-state index in [4.69, 9.17) is 4.74 Å². The first-order valence-corrected chi connectivity index (χ1v) is 6.91. The standard InChI is InChI=1S/C13H28N2O/c1-3-10-16-11-9-15-8-6-5-7-13(15)12-14-4-2/h13-14H,3-12H2,1-2H3. The summed E-state index contributed by atoms with van der Waals surface area (Å²) < 4.78 is 5.58. The highest BCUT2D eigenvalue weighted by Gasteiger charge is 2.21. The molecule has 1 aliphatic rings. The highest BCUT2D eigenvalue weighted by molar-refractivity contribution is 4.78. The first-order valence-electron chi connectivity index (χ1n) is 6.91. The fourth-order valence-corrected chi connectivity index (χ4v) is 2.32. The number of rotatable bonds is 8. The zero-order chi connectivity index (χ0) is 11.6. The number of piperidine rings is 1. The molecular formula is C13H28N2O. The van der Waals surface area contributed by atoms with Crippen molar-refractivity contribution in [3.8, 4) is 0 Å². The van der Waals surface area contributed by atoms with Crippen LogP contribution >= 0.6 is 0 Å². The molecule has 0 aliphatic carbocycles. The lowest BCUT2D eigenvalue weighted by Gasteiger charge is -2.35. The van der Waals surface area contributed by atoms with Crippen molar-refractivity contribution in [1.29, 1.82) is 0 Å². The number of nitrogens with one attached hydrogen (secondary N) is 1. The van der Waals surface area contributed by atoms with Crippen molar-refractivity contribution in [1.82, 2.24) is 10.2 Å². The summed E-state index contributed by atoms with van der Waals surface area (Å²) in [5, 5.41) is 3.47. The molecule has 1 unspecified atom stereocenters. The van der Waals surface area contributed by atoms with Gasteiger partial charge in [0.15, 0.2) is 0 Å². The highest BCUT2D eigenvalue weighted by Crippen LogP contribution is 2.15. The van der Waals surface area contributed by atoms with E-state index in [1.54, 1.807) is 0 Å². The number of likely N-dealkylation sites (N-methyl/N-ethyl adjacent to an activating group) is 1. The minimum Gasteiger partial charge on any atom is -0.380 e. The Hall–Kier alpha value is -0.120. The van der Waals surface area contributed by atoms with Crippen LogP contribution in [0.1, 0.15) is 39.5 Å². The van der Waals surface area contributed by atoms with Gasteiger partial charge in [-0.15, -0.1) is 0 Å². The van der Waals surface area contributed by atoms with Crippen LogP contribution in [0.3, 0.4) is 0 Å². The van der Waals surface area contributed by atoms with Crippen LogP contribution in [0, 0.1) is 0 Å². The molecule has 1 fully saturated rings. The van der Waals surface area contributed by atoms with Gasteiger partial charge in [-0.3, -0.25) is 4.90 Å². The molecule has 0 aromatic rings. The Labute approximate surface area is 101 Å². The van der Waals surface area contributed by atoms with E-state index in [9.17, 15) is 0 Å². The van der Waals surface area contributed by atoms with E-state index >= 15 is 0 Å². The SMILES string of the molecule is CCCOCCN1CCCCC1CNCC. The summed E-state index contributed by atoms with van der Waals surface area (Å²) >= 11 is 0. The minimum absolute atomic E-state index is 0.735. The smallest absolute Gasteiger partial charge is 0.0593 e. The van der Waals surface area contributed by atoms with Crippen LogP contribution < -0.4 is 5.32 Å². The van der Waals surface area contributed by atoms with E-state index in [-0.39, 0.29) is 0 Å². The van der Waals surface area contributed by atoms with Gasteiger partial charge in [-0.1, -0.05) is 20.3 Å². The molecule has 1 N–H and O–H groups in total. The van der Waals surface area contributed by atoms with Crippen molar-refractivity contribution >= 4 is 0 Å². The van der Waals surface area contributed by atoms with E-state index in [1.165, 1.54) is 25.8 Å². The van der Waals surface area contributed by atoms with Gasteiger partial charge < -0.3 is 10.1 Å². The first kappa shape index (κ1) is 13.9. The Kier molecular flexibility index (Phi) is 7.81. The molecule has 0 bridgehead atoms. The zero-order valence-electron chi connectivity index (χ0n) is 11.0. The van der Waals surface area contributed by atoms with Gasteiger partial charge in [-0.25, -0.2) is 0 Å². The topological polar surface area (TPSA) is 24.5 Å². The van der Waals surface area contributed by atoms with Crippen molar-refractivity contribution in [3.63, 3.8) is 0 Å². The van der Waals surface area contributed by atoms with Crippen LogP contribution in [-0.4, -0.2) is 50.3 Å². The molecule has 1 aliphatic heterocycles. The number of ether oxygens (including phenoxy) is 1. The maximum atomic E-state index is 5.58. The third-order valence-electron chi connectivity index (χ3n) is 3.25. The predicted molar refractivity (Wildman–Crippen MR) is 68.9 cm³/mol. The van der Waals surface area contributed by atoms with Gasteiger partial charge in [-0.05, 0) is 32.4 Å². The summed E-state index contributed by atoms with van der Waals surface area (Å²) in [4.78, 5) is 2.60. The fourth-order valence-electron chi connectivity index (χ4n) is 2.32. The first-order chi connectivity index (χ1) is 7.88. The molecule has 0 aromatic carbocycles. The Balaban J connectivity index is 2.18. The molecule has 0 spiro atoms. The van der Waals surface area contributed by atoms with Crippen LogP contribution in [0.25, 0.3) is 0 Å². The average molecular weight is 228 g/mol.